The minimum atomic E-state index is -0.710. The van der Waals surface area contributed by atoms with Crippen molar-refractivity contribution in [3.05, 3.63) is 0 Å². The smallest absolute Gasteiger partial charge is 0.302 e. The number of carbonyl (C=O) groups is 3. The van der Waals surface area contributed by atoms with Crippen LogP contribution in [0.3, 0.4) is 0 Å². The van der Waals surface area contributed by atoms with Crippen LogP contribution in [0, 0.1) is 34.5 Å². The fourth-order valence-electron chi connectivity index (χ4n) is 7.09. The third-order valence-corrected chi connectivity index (χ3v) is 8.34. The van der Waals surface area contributed by atoms with Gasteiger partial charge in [-0.1, -0.05) is 19.0 Å². The molecule has 0 aromatic rings. The number of fused-ring (bicyclic) bond motifs is 5. The molecule has 7 atom stereocenters. The summed E-state index contributed by atoms with van der Waals surface area (Å²) in [7, 11) is 0. The Balaban J connectivity index is 1.63. The molecule has 0 aromatic heterocycles. The zero-order chi connectivity index (χ0) is 19.6. The number of ketones is 2. The van der Waals surface area contributed by atoms with Gasteiger partial charge in [-0.15, -0.1) is 0 Å². The van der Waals surface area contributed by atoms with Crippen LogP contribution in [0.5, 0.6) is 0 Å². The maximum Gasteiger partial charge on any atom is 0.302 e. The van der Waals surface area contributed by atoms with Gasteiger partial charge in [0, 0.05) is 31.1 Å². The molecular weight excluding hydrogens is 346 g/mol. The van der Waals surface area contributed by atoms with Crippen molar-refractivity contribution in [1.82, 2.24) is 0 Å². The number of oxime groups is 1. The Morgan fingerprint density at radius 2 is 1.96 bits per heavy atom. The van der Waals surface area contributed by atoms with Crippen molar-refractivity contribution in [2.45, 2.75) is 71.8 Å². The van der Waals surface area contributed by atoms with Gasteiger partial charge in [0.15, 0.2) is 5.78 Å². The highest BCUT2D eigenvalue weighted by molar-refractivity contribution is 6.44. The molecule has 0 aliphatic heterocycles. The maximum absolute atomic E-state index is 13.3. The first-order valence-electron chi connectivity index (χ1n) is 10.2. The van der Waals surface area contributed by atoms with Crippen molar-refractivity contribution in [3.8, 4) is 0 Å². The number of nitrogens with zero attached hydrogens (tertiary/aromatic N) is 1. The van der Waals surface area contributed by atoms with Gasteiger partial charge < -0.3 is 9.94 Å². The zero-order valence-corrected chi connectivity index (χ0v) is 16.4. The lowest BCUT2D eigenvalue weighted by molar-refractivity contribution is -0.168. The molecule has 148 valence electrons. The molecule has 0 saturated heterocycles. The quantitative estimate of drug-likeness (QED) is 0.432. The molecule has 4 aliphatic rings. The van der Waals surface area contributed by atoms with Gasteiger partial charge in [-0.05, 0) is 55.3 Å². The molecule has 0 bridgehead atoms. The second kappa shape index (κ2) is 6.14. The van der Waals surface area contributed by atoms with E-state index in [9.17, 15) is 19.6 Å². The molecule has 6 heteroatoms. The summed E-state index contributed by atoms with van der Waals surface area (Å²) in [6.07, 6.45) is 5.11. The summed E-state index contributed by atoms with van der Waals surface area (Å²) in [5.41, 5.74) is -0.570. The molecule has 1 N–H and O–H groups in total. The normalized spacial score (nSPS) is 48.0. The predicted octanol–water partition coefficient (Wildman–Crippen LogP) is 3.15. The second-order valence-corrected chi connectivity index (χ2v) is 9.67. The summed E-state index contributed by atoms with van der Waals surface area (Å²) in [6.45, 7) is 5.57. The first-order chi connectivity index (χ1) is 12.7. The molecule has 27 heavy (non-hydrogen) atoms. The molecule has 6 nitrogen and oxygen atoms in total. The third kappa shape index (κ3) is 2.59. The summed E-state index contributed by atoms with van der Waals surface area (Å²) < 4.78 is 5.46. The number of hydrogen-bond acceptors (Lipinski definition) is 6. The first-order valence-corrected chi connectivity index (χ1v) is 10.2. The van der Waals surface area contributed by atoms with Crippen LogP contribution in [0.1, 0.15) is 65.7 Å². The molecule has 4 saturated carbocycles. The van der Waals surface area contributed by atoms with Crippen LogP contribution in [0.15, 0.2) is 5.16 Å². The molecule has 4 aliphatic carbocycles. The first kappa shape index (κ1) is 18.6. The molecule has 0 radical (unpaired) electrons. The van der Waals surface area contributed by atoms with Gasteiger partial charge in [0.05, 0.1) is 0 Å². The van der Waals surface area contributed by atoms with Crippen molar-refractivity contribution in [2.75, 3.05) is 0 Å². The highest BCUT2D eigenvalue weighted by Crippen LogP contribution is 2.64. The van der Waals surface area contributed by atoms with E-state index in [0.717, 1.165) is 32.1 Å². The van der Waals surface area contributed by atoms with Gasteiger partial charge in [-0.25, -0.2) is 0 Å². The van der Waals surface area contributed by atoms with E-state index in [4.69, 9.17) is 4.74 Å². The Hall–Kier alpha value is -1.72. The number of rotatable bonds is 1. The van der Waals surface area contributed by atoms with Gasteiger partial charge in [-0.3, -0.25) is 14.4 Å². The zero-order valence-electron chi connectivity index (χ0n) is 16.4. The van der Waals surface area contributed by atoms with E-state index in [1.165, 1.54) is 6.92 Å². The number of hydrogen-bond donors (Lipinski definition) is 1. The second-order valence-electron chi connectivity index (χ2n) is 9.67. The van der Waals surface area contributed by atoms with E-state index in [0.29, 0.717) is 12.3 Å². The van der Waals surface area contributed by atoms with E-state index >= 15 is 0 Å². The lowest BCUT2D eigenvalue weighted by Gasteiger charge is -2.58. The Morgan fingerprint density at radius 1 is 1.22 bits per heavy atom. The van der Waals surface area contributed by atoms with Gasteiger partial charge >= 0.3 is 5.97 Å². The van der Waals surface area contributed by atoms with Gasteiger partial charge in [-0.2, -0.15) is 0 Å². The van der Waals surface area contributed by atoms with Gasteiger partial charge in [0.25, 0.3) is 0 Å². The average Bonchev–Trinajstić information content (AvgIpc) is 2.85. The minimum Gasteiger partial charge on any atom is -0.463 e. The molecule has 0 aromatic carbocycles. The van der Waals surface area contributed by atoms with Crippen LogP contribution in [0.25, 0.3) is 0 Å². The Labute approximate surface area is 159 Å². The summed E-state index contributed by atoms with van der Waals surface area (Å²) in [6, 6.07) is 0. The van der Waals surface area contributed by atoms with Crippen LogP contribution in [-0.2, 0) is 19.1 Å². The van der Waals surface area contributed by atoms with E-state index in [-0.39, 0.29) is 58.9 Å². The van der Waals surface area contributed by atoms with Gasteiger partial charge in [0.2, 0.25) is 0 Å². The van der Waals surface area contributed by atoms with Crippen molar-refractivity contribution >= 4 is 23.2 Å². The fourth-order valence-corrected chi connectivity index (χ4v) is 7.09. The largest absolute Gasteiger partial charge is 0.463 e. The van der Waals surface area contributed by atoms with Crippen molar-refractivity contribution in [1.29, 1.82) is 0 Å². The van der Waals surface area contributed by atoms with E-state index < -0.39 is 5.41 Å². The lowest BCUT2D eigenvalue weighted by atomic mass is 9.45. The molecule has 4 fully saturated rings. The molecular formula is C21H29NO5. The summed E-state index contributed by atoms with van der Waals surface area (Å²) in [5.74, 6) is 0.402. The van der Waals surface area contributed by atoms with Crippen LogP contribution in [0.2, 0.25) is 0 Å². The Morgan fingerprint density at radius 3 is 2.63 bits per heavy atom. The van der Waals surface area contributed by atoms with E-state index in [2.05, 4.69) is 12.1 Å². The van der Waals surface area contributed by atoms with E-state index in [1.54, 1.807) is 0 Å². The van der Waals surface area contributed by atoms with Crippen LogP contribution < -0.4 is 0 Å². The highest BCUT2D eigenvalue weighted by Gasteiger charge is 2.65. The topological polar surface area (TPSA) is 93.0 Å². The highest BCUT2D eigenvalue weighted by atomic mass is 16.5. The molecule has 0 unspecified atom stereocenters. The molecule has 0 spiro atoms. The van der Waals surface area contributed by atoms with Gasteiger partial charge in [0.1, 0.15) is 17.6 Å². The average molecular weight is 375 g/mol. The monoisotopic (exact) mass is 375 g/mol. The van der Waals surface area contributed by atoms with Crippen LogP contribution in [0.4, 0.5) is 0 Å². The number of Topliss-reactive ketones (excluding diaryl/α,β-unsaturated/α-hetero) is 2. The summed E-state index contributed by atoms with van der Waals surface area (Å²) in [4.78, 5) is 37.4. The molecule has 4 rings (SSSR count). The predicted molar refractivity (Wildman–Crippen MR) is 97.3 cm³/mol. The molecule has 0 heterocycles. The SMILES string of the molecule is CC(=O)O[C@@H]1CC[C@@]2(C)[C@H](CC[C@@H]3[C@@H]2C(=O)C[C@]2(C)C(=O)C(=NO)C[C@@H]32)C1. The van der Waals surface area contributed by atoms with Crippen molar-refractivity contribution in [3.63, 3.8) is 0 Å². The van der Waals surface area contributed by atoms with E-state index in [1.807, 2.05) is 6.92 Å². The summed E-state index contributed by atoms with van der Waals surface area (Å²) >= 11 is 0. The maximum atomic E-state index is 13.3. The third-order valence-electron chi connectivity index (χ3n) is 8.34. The number of ether oxygens (including phenoxy) is 1. The standard InChI is InChI=1S/C21H29NO5/c1-11(23)27-13-6-7-20(2)12(8-13)4-5-14-15-9-16(22-26)19(25)21(15,3)10-17(24)18(14)20/h12-15,18,26H,4-10H2,1-3H3/t12-,13-,14+,15+,18-,20+,21+/m1/s1. The number of esters is 1. The van der Waals surface area contributed by atoms with Crippen molar-refractivity contribution < 1.29 is 24.3 Å². The lowest BCUT2D eigenvalue weighted by Crippen LogP contribution is -2.58. The Bertz CT molecular complexity index is 730. The molecule has 0 amide bonds. The summed E-state index contributed by atoms with van der Waals surface area (Å²) in [5, 5.41) is 12.5. The van der Waals surface area contributed by atoms with Crippen LogP contribution in [-0.4, -0.2) is 34.6 Å². The fraction of sp³-hybridized carbons (Fsp3) is 0.810. The Kier molecular flexibility index (Phi) is 4.24. The minimum absolute atomic E-state index is 0.0396. The van der Waals surface area contributed by atoms with Crippen LogP contribution >= 0.6 is 0 Å². The van der Waals surface area contributed by atoms with Crippen molar-refractivity contribution in [2.24, 2.45) is 39.7 Å². The number of carbonyl (C=O) groups excluding carboxylic acids is 3.